The van der Waals surface area contributed by atoms with Gasteiger partial charge in [0.05, 0.1) is 0 Å². The summed E-state index contributed by atoms with van der Waals surface area (Å²) in [6.07, 6.45) is 4.21. The van der Waals surface area contributed by atoms with E-state index in [1.807, 2.05) is 0 Å². The summed E-state index contributed by atoms with van der Waals surface area (Å²) in [4.78, 5) is 0. The summed E-state index contributed by atoms with van der Waals surface area (Å²) in [7, 11) is 0. The van der Waals surface area contributed by atoms with E-state index < -0.39 is 0 Å². The molecule has 0 nitrogen and oxygen atoms in total. The van der Waals surface area contributed by atoms with E-state index in [-0.39, 0.29) is 0 Å². The van der Waals surface area contributed by atoms with Crippen LogP contribution in [0.15, 0.2) is 0 Å². The summed E-state index contributed by atoms with van der Waals surface area (Å²) >= 11 is 2.57. The molecule has 1 unspecified atom stereocenters. The Morgan fingerprint density at radius 2 is 2.00 bits per heavy atom. The smallest absolute Gasteiger partial charge is 0.0238 e. The lowest BCUT2D eigenvalue weighted by atomic mass is 10.6. The molecule has 0 spiro atoms. The van der Waals surface area contributed by atoms with Crippen LogP contribution in [0.2, 0.25) is 0 Å². The average Bonchev–Trinajstić information content (AvgIpc) is 1.68. The molecule has 0 radical (unpaired) electrons. The molecular formula is C5H12IP. The Kier molecular flexibility index (Phi) is 6.18. The molecule has 1 atom stereocenters. The van der Waals surface area contributed by atoms with E-state index in [1.54, 1.807) is 0 Å². The summed E-state index contributed by atoms with van der Waals surface area (Å²) in [5.74, 6) is 0. The third-order valence-corrected chi connectivity index (χ3v) is 5.92. The van der Waals surface area contributed by atoms with Crippen LogP contribution in [0.5, 0.6) is 0 Å². The monoisotopic (exact) mass is 230 g/mol. The van der Waals surface area contributed by atoms with E-state index in [2.05, 4.69) is 35.9 Å². The van der Waals surface area contributed by atoms with Gasteiger partial charge in [0.15, 0.2) is 0 Å². The summed E-state index contributed by atoms with van der Waals surface area (Å²) in [5.41, 5.74) is 0.392. The minimum atomic E-state index is 0.392. The Morgan fingerprint density at radius 3 is 2.14 bits per heavy atom. The van der Waals surface area contributed by atoms with Gasteiger partial charge in [-0.25, -0.2) is 0 Å². The minimum absolute atomic E-state index is 0.392. The molecule has 0 amide bonds. The Labute approximate surface area is 60.3 Å². The fourth-order valence-electron chi connectivity index (χ4n) is 0.401. The van der Waals surface area contributed by atoms with Gasteiger partial charge in [-0.05, 0) is 17.9 Å². The highest BCUT2D eigenvalue weighted by molar-refractivity contribution is 14.2. The van der Waals surface area contributed by atoms with Crippen LogP contribution >= 0.6 is 27.6 Å². The van der Waals surface area contributed by atoms with Crippen molar-refractivity contribution in [2.45, 2.75) is 20.3 Å². The number of rotatable bonds is 3. The van der Waals surface area contributed by atoms with Gasteiger partial charge >= 0.3 is 0 Å². The molecule has 0 bridgehead atoms. The summed E-state index contributed by atoms with van der Waals surface area (Å²) < 4.78 is 0. The third kappa shape index (κ3) is 5.02. The van der Waals surface area contributed by atoms with Crippen molar-refractivity contribution in [3.8, 4) is 0 Å². The highest BCUT2D eigenvalue weighted by Crippen LogP contribution is 2.44. The van der Waals surface area contributed by atoms with Crippen LogP contribution in [0.3, 0.4) is 0 Å². The number of hydrogen-bond acceptors (Lipinski definition) is 0. The second kappa shape index (κ2) is 5.30. The molecule has 7 heavy (non-hydrogen) atoms. The van der Waals surface area contributed by atoms with Crippen molar-refractivity contribution in [2.24, 2.45) is 0 Å². The predicted molar refractivity (Wildman–Crippen MR) is 46.6 cm³/mol. The highest BCUT2D eigenvalue weighted by atomic mass is 127. The largest absolute Gasteiger partial charge is 0.0650 e. The topological polar surface area (TPSA) is 0 Å². The zero-order valence-electron chi connectivity index (χ0n) is 4.95. The van der Waals surface area contributed by atoms with Gasteiger partial charge in [-0.2, -0.15) is 0 Å². The Hall–Kier alpha value is 1.16. The van der Waals surface area contributed by atoms with Crippen molar-refractivity contribution in [3.05, 3.63) is 0 Å². The van der Waals surface area contributed by atoms with E-state index in [0.29, 0.717) is 5.56 Å². The van der Waals surface area contributed by atoms with Crippen LogP contribution < -0.4 is 0 Å². The fourth-order valence-corrected chi connectivity index (χ4v) is 2.65. The highest BCUT2D eigenvalue weighted by Gasteiger charge is 1.93. The maximum atomic E-state index is 2.57. The molecule has 0 rings (SSSR count). The molecule has 2 heteroatoms. The van der Waals surface area contributed by atoms with Crippen LogP contribution in [0, 0.1) is 0 Å². The van der Waals surface area contributed by atoms with E-state index in [4.69, 9.17) is 0 Å². The van der Waals surface area contributed by atoms with E-state index in [0.717, 1.165) is 0 Å². The molecule has 44 valence electrons. The van der Waals surface area contributed by atoms with Crippen molar-refractivity contribution < 1.29 is 0 Å². The summed E-state index contributed by atoms with van der Waals surface area (Å²) in [6, 6.07) is 0. The van der Waals surface area contributed by atoms with E-state index in [9.17, 15) is 0 Å². The Balaban J connectivity index is 2.83. The molecular weight excluding hydrogens is 218 g/mol. The van der Waals surface area contributed by atoms with Gasteiger partial charge in [0.2, 0.25) is 0 Å². The van der Waals surface area contributed by atoms with E-state index >= 15 is 0 Å². The third-order valence-electron chi connectivity index (χ3n) is 0.809. The molecule has 0 N–H and O–H groups in total. The first-order valence-electron chi connectivity index (χ1n) is 2.72. The van der Waals surface area contributed by atoms with Gasteiger partial charge in [0.1, 0.15) is 0 Å². The maximum Gasteiger partial charge on any atom is -0.0238 e. The first kappa shape index (κ1) is 8.16. The maximum absolute atomic E-state index is 2.57. The molecule has 0 saturated carbocycles. The molecule has 0 aliphatic rings. The van der Waals surface area contributed by atoms with Gasteiger partial charge < -0.3 is 0 Å². The second-order valence-electron chi connectivity index (χ2n) is 1.50. The van der Waals surface area contributed by atoms with Crippen LogP contribution in [0.1, 0.15) is 20.3 Å². The lowest BCUT2D eigenvalue weighted by molar-refractivity contribution is 1.10. The molecule has 0 aliphatic heterocycles. The quantitative estimate of drug-likeness (QED) is 0.515. The molecule has 0 heterocycles. The number of hydrogen-bond donors (Lipinski definition) is 0. The van der Waals surface area contributed by atoms with Gasteiger partial charge in [0, 0.05) is 0 Å². The van der Waals surface area contributed by atoms with Crippen molar-refractivity contribution in [2.75, 3.05) is 12.3 Å². The molecule has 0 aliphatic carbocycles. The van der Waals surface area contributed by atoms with Crippen LogP contribution in [-0.2, 0) is 0 Å². The normalized spacial score (nSPS) is 14.1. The van der Waals surface area contributed by atoms with Crippen molar-refractivity contribution in [1.29, 1.82) is 0 Å². The lowest BCUT2D eigenvalue weighted by Crippen LogP contribution is -1.74. The SMILES string of the molecule is CCCP(I)CC. The lowest BCUT2D eigenvalue weighted by Gasteiger charge is -2.01. The molecule has 0 saturated heterocycles. The summed E-state index contributed by atoms with van der Waals surface area (Å²) in [5, 5.41) is 0. The molecule has 0 aromatic heterocycles. The zero-order chi connectivity index (χ0) is 5.70. The zero-order valence-corrected chi connectivity index (χ0v) is 8.00. The van der Waals surface area contributed by atoms with Crippen LogP contribution in [0.4, 0.5) is 0 Å². The van der Waals surface area contributed by atoms with Crippen molar-refractivity contribution >= 4 is 27.6 Å². The van der Waals surface area contributed by atoms with Gasteiger partial charge in [-0.3, -0.25) is 0 Å². The molecule has 0 fully saturated rings. The number of halogens is 1. The van der Waals surface area contributed by atoms with Gasteiger partial charge in [0.25, 0.3) is 0 Å². The van der Waals surface area contributed by atoms with Crippen molar-refractivity contribution in [1.82, 2.24) is 0 Å². The second-order valence-corrected chi connectivity index (χ2v) is 7.60. The Morgan fingerprint density at radius 1 is 1.43 bits per heavy atom. The average molecular weight is 230 g/mol. The fraction of sp³-hybridized carbons (Fsp3) is 1.00. The van der Waals surface area contributed by atoms with Crippen molar-refractivity contribution in [3.63, 3.8) is 0 Å². The van der Waals surface area contributed by atoms with Crippen LogP contribution in [0.25, 0.3) is 0 Å². The molecule has 0 aromatic rings. The standard InChI is InChI=1S/C5H12IP/c1-3-5-7(6)4-2/h3-5H2,1-2H3. The first-order chi connectivity index (χ1) is 3.31. The Bertz CT molecular complexity index is 39.1. The minimum Gasteiger partial charge on any atom is -0.0650 e. The summed E-state index contributed by atoms with van der Waals surface area (Å²) in [6.45, 7) is 4.53. The molecule has 0 aromatic carbocycles. The van der Waals surface area contributed by atoms with Gasteiger partial charge in [-0.1, -0.05) is 42.3 Å². The van der Waals surface area contributed by atoms with Crippen LogP contribution in [-0.4, -0.2) is 12.3 Å². The first-order valence-corrected chi connectivity index (χ1v) is 7.21. The predicted octanol–water partition coefficient (Wildman–Crippen LogP) is 3.25. The van der Waals surface area contributed by atoms with Gasteiger partial charge in [-0.15, -0.1) is 0 Å². The van der Waals surface area contributed by atoms with E-state index in [1.165, 1.54) is 18.7 Å².